The summed E-state index contributed by atoms with van der Waals surface area (Å²) in [5.41, 5.74) is 0. The van der Waals surface area contributed by atoms with Crippen molar-refractivity contribution in [2.75, 3.05) is 20.3 Å². The molecule has 1 heterocycles. The van der Waals surface area contributed by atoms with Gasteiger partial charge >= 0.3 is 7.60 Å². The van der Waals surface area contributed by atoms with Crippen LogP contribution < -0.4 is 0 Å². The molecule has 3 N–H and O–H groups in total. The Kier molecular flexibility index (Phi) is 8.43. The molecule has 1 rings (SSSR count). The molecular weight excluding hydrogens is 383 g/mol. The van der Waals surface area contributed by atoms with E-state index in [0.29, 0.717) is 0 Å². The largest absolute Gasteiger partial charge is 0.388 e. The van der Waals surface area contributed by atoms with E-state index in [-0.39, 0.29) is 19.6 Å². The summed E-state index contributed by atoms with van der Waals surface area (Å²) in [6, 6.07) is 0. The van der Waals surface area contributed by atoms with E-state index in [2.05, 4.69) is 15.9 Å². The summed E-state index contributed by atoms with van der Waals surface area (Å²) < 4.78 is 32.6. The van der Waals surface area contributed by atoms with Crippen LogP contribution in [0.3, 0.4) is 0 Å². The average molecular weight is 407 g/mol. The Morgan fingerprint density at radius 1 is 1.14 bits per heavy atom. The van der Waals surface area contributed by atoms with Crippen molar-refractivity contribution in [3.05, 3.63) is 0 Å². The van der Waals surface area contributed by atoms with Gasteiger partial charge < -0.3 is 33.8 Å². The van der Waals surface area contributed by atoms with E-state index in [1.807, 2.05) is 0 Å². The van der Waals surface area contributed by atoms with Crippen LogP contribution in [-0.4, -0.2) is 70.9 Å². The van der Waals surface area contributed by atoms with Crippen LogP contribution in [0.5, 0.6) is 0 Å². The Bertz CT molecular complexity index is 372. The molecule has 22 heavy (non-hydrogen) atoms. The molecule has 10 heteroatoms. The number of aliphatic hydroxyl groups excluding tert-OH is 3. The predicted molar refractivity (Wildman–Crippen MR) is 81.9 cm³/mol. The Balaban J connectivity index is 2.80. The van der Waals surface area contributed by atoms with Crippen molar-refractivity contribution < 1.29 is 38.4 Å². The van der Waals surface area contributed by atoms with Crippen LogP contribution in [0.15, 0.2) is 0 Å². The maximum Gasteiger partial charge on any atom is 0.344 e. The highest BCUT2D eigenvalue weighted by atomic mass is 79.9. The van der Waals surface area contributed by atoms with Crippen molar-refractivity contribution in [2.24, 2.45) is 0 Å². The maximum atomic E-state index is 12.6. The van der Waals surface area contributed by atoms with E-state index in [9.17, 15) is 19.9 Å². The topological polar surface area (TPSA) is 115 Å². The van der Waals surface area contributed by atoms with Crippen molar-refractivity contribution in [3.8, 4) is 0 Å². The third-order valence-electron chi connectivity index (χ3n) is 3.29. The molecule has 0 aromatic heterocycles. The molecule has 0 aliphatic carbocycles. The summed E-state index contributed by atoms with van der Waals surface area (Å²) in [5, 5.41) is 29.6. The highest BCUT2D eigenvalue weighted by molar-refractivity contribution is 9.10. The third-order valence-corrected chi connectivity index (χ3v) is 7.30. The van der Waals surface area contributed by atoms with Crippen molar-refractivity contribution in [3.63, 3.8) is 0 Å². The minimum atomic E-state index is -3.43. The summed E-state index contributed by atoms with van der Waals surface area (Å²) in [7, 11) is -2.11. The number of hydrogen-bond acceptors (Lipinski definition) is 8. The van der Waals surface area contributed by atoms with Crippen molar-refractivity contribution in [2.45, 2.75) is 55.5 Å². The summed E-state index contributed by atoms with van der Waals surface area (Å²) in [5.74, 6) is 0. The van der Waals surface area contributed by atoms with Gasteiger partial charge in [0.1, 0.15) is 22.9 Å². The minimum absolute atomic E-state index is 0.0437. The first-order chi connectivity index (χ1) is 10.3. The van der Waals surface area contributed by atoms with Crippen LogP contribution in [0.25, 0.3) is 0 Å². The second kappa shape index (κ2) is 9.05. The van der Waals surface area contributed by atoms with Crippen LogP contribution in [0.1, 0.15) is 20.3 Å². The first-order valence-corrected chi connectivity index (χ1v) is 9.58. The lowest BCUT2D eigenvalue weighted by Crippen LogP contribution is -2.58. The maximum absolute atomic E-state index is 12.6. The zero-order chi connectivity index (χ0) is 16.9. The normalized spacial score (nSPS) is 34.6. The van der Waals surface area contributed by atoms with Gasteiger partial charge in [0, 0.05) is 13.5 Å². The molecule has 1 fully saturated rings. The summed E-state index contributed by atoms with van der Waals surface area (Å²) in [4.78, 5) is 0. The summed E-state index contributed by atoms with van der Waals surface area (Å²) in [6.07, 6.45) is -6.08. The molecule has 0 aromatic rings. The number of aliphatic hydroxyl groups is 3. The fourth-order valence-corrected chi connectivity index (χ4v) is 4.85. The quantitative estimate of drug-likeness (QED) is 0.400. The number of halogens is 1. The van der Waals surface area contributed by atoms with Crippen molar-refractivity contribution in [1.82, 2.24) is 0 Å². The Labute approximate surface area is 138 Å². The van der Waals surface area contributed by atoms with Crippen molar-refractivity contribution in [1.29, 1.82) is 0 Å². The molecule has 0 bridgehead atoms. The molecule has 1 aliphatic rings. The highest BCUT2D eigenvalue weighted by Gasteiger charge is 2.46. The molecular formula is C12H24BrO8P. The molecule has 8 nitrogen and oxygen atoms in total. The van der Waals surface area contributed by atoms with Gasteiger partial charge in [0.25, 0.3) is 0 Å². The average Bonchev–Trinajstić information content (AvgIpc) is 2.48. The molecule has 1 saturated heterocycles. The Morgan fingerprint density at radius 2 is 1.68 bits per heavy atom. The van der Waals surface area contributed by atoms with Gasteiger partial charge in [-0.05, 0) is 13.8 Å². The lowest BCUT2D eigenvalue weighted by Gasteiger charge is -2.40. The number of alkyl halides is 1. The predicted octanol–water partition coefficient (Wildman–Crippen LogP) is 0.818. The van der Waals surface area contributed by atoms with Gasteiger partial charge in [-0.2, -0.15) is 0 Å². The van der Waals surface area contributed by atoms with E-state index < -0.39 is 42.9 Å². The molecule has 0 saturated carbocycles. The van der Waals surface area contributed by atoms with Crippen LogP contribution in [-0.2, 0) is 23.1 Å². The van der Waals surface area contributed by atoms with Gasteiger partial charge in [-0.1, -0.05) is 15.9 Å². The number of hydrogen-bond donors (Lipinski definition) is 3. The summed E-state index contributed by atoms with van der Waals surface area (Å²) >= 11 is 3.25. The lowest BCUT2D eigenvalue weighted by molar-refractivity contribution is -0.290. The smallest absolute Gasteiger partial charge is 0.344 e. The monoisotopic (exact) mass is 406 g/mol. The van der Waals surface area contributed by atoms with Gasteiger partial charge in [0.05, 0.1) is 19.3 Å². The molecule has 0 amide bonds. The van der Waals surface area contributed by atoms with Gasteiger partial charge in [-0.3, -0.25) is 4.57 Å². The van der Waals surface area contributed by atoms with E-state index in [1.54, 1.807) is 13.8 Å². The fraction of sp³-hybridized carbons (Fsp3) is 1.00. The van der Waals surface area contributed by atoms with E-state index in [0.717, 1.165) is 0 Å². The van der Waals surface area contributed by atoms with Crippen LogP contribution in [0.2, 0.25) is 0 Å². The molecule has 1 aliphatic heterocycles. The fourth-order valence-electron chi connectivity index (χ4n) is 2.19. The van der Waals surface area contributed by atoms with Crippen LogP contribution in [0, 0.1) is 0 Å². The number of rotatable bonds is 8. The molecule has 0 aromatic carbocycles. The van der Waals surface area contributed by atoms with Gasteiger partial charge in [-0.25, -0.2) is 0 Å². The zero-order valence-corrected chi connectivity index (χ0v) is 15.3. The standard InChI is InChI=1S/C12H24BrO8P/c1-4-19-22(17,20-5-2)8(13)6-7-9(14)10(15)11(16)12(18-3)21-7/h7-12,14-16H,4-6H2,1-3H3/t7-,8?,9-,10+,11-,12+/m1/s1. The van der Waals surface area contributed by atoms with Crippen LogP contribution in [0.4, 0.5) is 0 Å². The minimum Gasteiger partial charge on any atom is -0.388 e. The van der Waals surface area contributed by atoms with E-state index >= 15 is 0 Å². The molecule has 6 atom stereocenters. The Morgan fingerprint density at radius 3 is 2.14 bits per heavy atom. The second-order valence-electron chi connectivity index (χ2n) is 4.80. The van der Waals surface area contributed by atoms with E-state index in [4.69, 9.17) is 18.5 Å². The van der Waals surface area contributed by atoms with Gasteiger partial charge in [0.2, 0.25) is 0 Å². The third kappa shape index (κ3) is 4.72. The number of ether oxygens (including phenoxy) is 2. The van der Waals surface area contributed by atoms with Crippen molar-refractivity contribution >= 4 is 23.5 Å². The summed E-state index contributed by atoms with van der Waals surface area (Å²) in [6.45, 7) is 3.79. The molecule has 0 spiro atoms. The molecule has 0 radical (unpaired) electrons. The second-order valence-corrected chi connectivity index (χ2v) is 8.83. The number of methoxy groups -OCH3 is 1. The lowest BCUT2D eigenvalue weighted by atomic mass is 9.97. The van der Waals surface area contributed by atoms with Crippen LogP contribution >= 0.6 is 23.5 Å². The molecule has 132 valence electrons. The first kappa shape index (κ1) is 20.5. The molecule has 1 unspecified atom stereocenters. The first-order valence-electron chi connectivity index (χ1n) is 7.06. The van der Waals surface area contributed by atoms with E-state index in [1.165, 1.54) is 7.11 Å². The van der Waals surface area contributed by atoms with Gasteiger partial charge in [0.15, 0.2) is 6.29 Å². The SMILES string of the molecule is CCOP(=O)(OCC)C(Br)C[C@H]1O[C@H](OC)[C@H](O)[C@@H](O)[C@@H]1O. The Hall–Kier alpha value is 0.430. The zero-order valence-electron chi connectivity index (χ0n) is 12.8. The van der Waals surface area contributed by atoms with Gasteiger partial charge in [-0.15, -0.1) is 0 Å². The highest BCUT2D eigenvalue weighted by Crippen LogP contribution is 2.57.